The van der Waals surface area contributed by atoms with E-state index in [4.69, 9.17) is 24.0 Å². The summed E-state index contributed by atoms with van der Waals surface area (Å²) in [5.41, 5.74) is 4.27. The molecule has 10 heteroatoms. The Morgan fingerprint density at radius 1 is 1.06 bits per heavy atom. The number of fused-ring (bicyclic) bond motifs is 4. The number of benzene rings is 2. The largest absolute Gasteiger partial charge is 1.00 e. The van der Waals surface area contributed by atoms with Crippen LogP contribution < -0.4 is 61.6 Å². The van der Waals surface area contributed by atoms with E-state index in [2.05, 4.69) is 76.0 Å². The Hall–Kier alpha value is -1.57. The first-order chi connectivity index (χ1) is 26.0. The third kappa shape index (κ3) is 13.0. The average Bonchev–Trinajstić information content (AvgIpc) is 3.89. The molecule has 5 aliphatic heterocycles. The van der Waals surface area contributed by atoms with Crippen molar-refractivity contribution in [1.82, 2.24) is 15.1 Å². The summed E-state index contributed by atoms with van der Waals surface area (Å²) in [5, 5.41) is 6.51. The summed E-state index contributed by atoms with van der Waals surface area (Å²) >= 11 is 0. The molecule has 5 aliphatic rings. The number of hydrogen-bond acceptors (Lipinski definition) is 8. The molecule has 2 unspecified atom stereocenters. The zero-order chi connectivity index (χ0) is 37.9. The van der Waals surface area contributed by atoms with Crippen LogP contribution in [0.3, 0.4) is 0 Å². The molecule has 9 nitrogen and oxygen atoms in total. The van der Waals surface area contributed by atoms with Crippen LogP contribution in [0.5, 0.6) is 0 Å². The number of aryl methyl sites for hydroxylation is 1. The average molecular weight is 769 g/mol. The quantitative estimate of drug-likeness (QED) is 0.0612. The van der Waals surface area contributed by atoms with E-state index in [1.54, 1.807) is 13.8 Å². The van der Waals surface area contributed by atoms with Crippen LogP contribution in [0.4, 0.5) is 5.69 Å². The molecular weight excluding hydrogens is 702 g/mol. The van der Waals surface area contributed by atoms with Crippen LogP contribution in [0, 0.1) is 12.8 Å². The van der Waals surface area contributed by atoms with Crippen LogP contribution in [0.2, 0.25) is 0 Å². The maximum absolute atomic E-state index is 8.81. The number of carbonyl (C=O) groups is 1. The van der Waals surface area contributed by atoms with Crippen molar-refractivity contribution in [2.45, 2.75) is 103 Å². The molecule has 7 rings (SSSR count). The van der Waals surface area contributed by atoms with Gasteiger partial charge in [-0.3, -0.25) is 4.90 Å². The van der Waals surface area contributed by atoms with Gasteiger partial charge in [-0.25, -0.2) is 6.08 Å². The summed E-state index contributed by atoms with van der Waals surface area (Å²) in [6.45, 7) is 22.2. The first-order valence-electron chi connectivity index (χ1n) is 20.3. The molecule has 0 saturated carbocycles. The Balaban J connectivity index is 0.000000453. The number of likely N-dealkylation sites (tertiary alicyclic amines) is 1. The summed E-state index contributed by atoms with van der Waals surface area (Å²) in [4.78, 5) is 21.5. The molecule has 5 heterocycles. The fourth-order valence-electron chi connectivity index (χ4n) is 8.43. The zero-order valence-corrected chi connectivity index (χ0v) is 37.5. The summed E-state index contributed by atoms with van der Waals surface area (Å²) in [7, 11) is 1.66. The Bertz CT molecular complexity index is 1440. The topological polar surface area (TPSA) is 78.9 Å². The zero-order valence-electron chi connectivity index (χ0n) is 34.4. The number of hydrogen-bond donors (Lipinski definition) is 1. The molecule has 2 aromatic carbocycles. The molecule has 2 aromatic rings. The van der Waals surface area contributed by atoms with Gasteiger partial charge in [0.1, 0.15) is 6.29 Å². The molecule has 4 fully saturated rings. The molecule has 2 bridgehead atoms. The van der Waals surface area contributed by atoms with Gasteiger partial charge in [-0.2, -0.15) is 5.57 Å². The number of nitrogens with one attached hydrogen (secondary N) is 1. The van der Waals surface area contributed by atoms with Crippen molar-refractivity contribution >= 4 is 28.6 Å². The van der Waals surface area contributed by atoms with E-state index in [0.29, 0.717) is 25.3 Å². The smallest absolute Gasteiger partial charge is 0.432 e. The van der Waals surface area contributed by atoms with Gasteiger partial charge in [0.25, 0.3) is 0 Å². The maximum Gasteiger partial charge on any atom is 1.00 e. The number of rotatable bonds is 13. The van der Waals surface area contributed by atoms with Gasteiger partial charge in [-0.1, -0.05) is 57.2 Å². The number of aldehydes is 1. The van der Waals surface area contributed by atoms with Gasteiger partial charge in [0, 0.05) is 55.4 Å². The molecule has 294 valence electrons. The predicted molar refractivity (Wildman–Crippen MR) is 219 cm³/mol. The minimum atomic E-state index is 0. The summed E-state index contributed by atoms with van der Waals surface area (Å²) in [6, 6.07) is 14.6. The van der Waals surface area contributed by atoms with Crippen molar-refractivity contribution in [3.8, 4) is 0 Å². The Morgan fingerprint density at radius 2 is 1.74 bits per heavy atom. The van der Waals surface area contributed by atoms with Gasteiger partial charge in [0.2, 0.25) is 0 Å². The predicted octanol–water partition coefficient (Wildman–Crippen LogP) is 4.40. The molecule has 1 N–H and O–H groups in total. The molecule has 0 aliphatic carbocycles. The van der Waals surface area contributed by atoms with Crippen LogP contribution in [0.1, 0.15) is 84.6 Å². The van der Waals surface area contributed by atoms with Gasteiger partial charge in [0.15, 0.2) is 0 Å². The summed E-state index contributed by atoms with van der Waals surface area (Å²) < 4.78 is 16.1. The van der Waals surface area contributed by atoms with Crippen molar-refractivity contribution in [2.24, 2.45) is 4.99 Å². The number of piperazine rings is 1. The SMILES string of the molecule is C=CCCOCCOC.CC.CC=O.CCc1cccc2cccc(N3C[C-]=C(/C(=N\[CH-]OCC45CCCN4CCC5)N4CC5CCC(C4)N5)CC3)c12.[K+]. The van der Waals surface area contributed by atoms with Crippen LogP contribution >= 0.6 is 0 Å². The maximum atomic E-state index is 8.81. The molecule has 4 saturated heterocycles. The van der Waals surface area contributed by atoms with E-state index in [9.17, 15) is 0 Å². The fourth-order valence-corrected chi connectivity index (χ4v) is 8.43. The summed E-state index contributed by atoms with van der Waals surface area (Å²) in [6.07, 6.45) is 17.0. The Labute approximate surface area is 369 Å². The van der Waals surface area contributed by atoms with Gasteiger partial charge in [-0.15, -0.1) is 6.58 Å². The second-order valence-electron chi connectivity index (χ2n) is 14.2. The first-order valence-corrected chi connectivity index (χ1v) is 20.3. The normalized spacial score (nSPS) is 21.3. The van der Waals surface area contributed by atoms with E-state index < -0.39 is 0 Å². The second kappa shape index (κ2) is 25.6. The Morgan fingerprint density at radius 3 is 2.35 bits per heavy atom. The van der Waals surface area contributed by atoms with Crippen molar-refractivity contribution in [2.75, 3.05) is 77.7 Å². The third-order valence-corrected chi connectivity index (χ3v) is 10.9. The fraction of sp³-hybridized carbons (Fsp3) is 0.614. The number of amidine groups is 1. The summed E-state index contributed by atoms with van der Waals surface area (Å²) in [5.74, 6) is 1.09. The van der Waals surface area contributed by atoms with Crippen LogP contribution in [0.25, 0.3) is 10.8 Å². The number of methoxy groups -OCH3 is 1. The number of anilines is 1. The standard InChI is InChI=1S/C33H43N5O.C7H14O2.C2H4O.C2H6.K/c1-2-25-7-3-8-26-9-4-10-30(31(25)26)36-19-13-27(14-20-36)32(37-21-28-11-12-29(22-37)35-28)34-24-39-23-33-15-5-17-38(33)18-6-16-33;1-3-4-5-9-7-6-8-2;1-2-3;1-2;/h3-4,7-10,24,28-29,35H,2,5-6,11-13,15-23H2,1H3;3H,1,4-7H2,2H3;2H,1H3;1-2H3;/q-2;;;;+1/b34-32+;;;;. The molecule has 2 atom stereocenters. The molecule has 0 radical (unpaired) electrons. The van der Waals surface area contributed by atoms with E-state index in [1.165, 1.54) is 86.1 Å². The Kier molecular flexibility index (Phi) is 22.2. The molecule has 0 aromatic heterocycles. The van der Waals surface area contributed by atoms with Gasteiger partial charge in [0.05, 0.1) is 26.4 Å². The molecule has 0 spiro atoms. The van der Waals surface area contributed by atoms with Crippen molar-refractivity contribution in [3.05, 3.63) is 73.0 Å². The number of carbonyl (C=O) groups excluding carboxylic acids is 1. The van der Waals surface area contributed by atoms with Crippen molar-refractivity contribution in [3.63, 3.8) is 0 Å². The molecular formula is C44H67KN5O4-. The van der Waals surface area contributed by atoms with Crippen molar-refractivity contribution < 1.29 is 70.4 Å². The van der Waals surface area contributed by atoms with E-state index in [0.717, 1.165) is 70.8 Å². The monoisotopic (exact) mass is 768 g/mol. The van der Waals surface area contributed by atoms with Crippen LogP contribution in [-0.2, 0) is 25.4 Å². The van der Waals surface area contributed by atoms with E-state index >= 15 is 0 Å². The van der Waals surface area contributed by atoms with Gasteiger partial charge < -0.3 is 39.1 Å². The number of aliphatic imine (C=N–C) groups is 1. The minimum Gasteiger partial charge on any atom is -0.432 e. The number of ether oxygens (including phenoxy) is 3. The second-order valence-corrected chi connectivity index (χ2v) is 14.2. The molecule has 0 amide bonds. The van der Waals surface area contributed by atoms with E-state index in [-0.39, 0.29) is 56.9 Å². The van der Waals surface area contributed by atoms with Crippen LogP contribution in [0.15, 0.2) is 59.6 Å². The van der Waals surface area contributed by atoms with E-state index in [1.807, 2.05) is 19.9 Å². The van der Waals surface area contributed by atoms with Gasteiger partial charge in [-0.05, 0) is 114 Å². The number of nitrogens with zero attached hydrogens (tertiary/aromatic N) is 4. The van der Waals surface area contributed by atoms with Crippen molar-refractivity contribution in [1.29, 1.82) is 0 Å². The van der Waals surface area contributed by atoms with Crippen LogP contribution in [-0.4, -0.2) is 112 Å². The third-order valence-electron chi connectivity index (χ3n) is 10.9. The molecule has 54 heavy (non-hydrogen) atoms. The van der Waals surface area contributed by atoms with Gasteiger partial charge >= 0.3 is 51.4 Å². The minimum absolute atomic E-state index is 0. The first kappa shape index (κ1) is 46.8.